The molecule has 2 N–H and O–H groups in total. The molecule has 4 aliphatic carbocycles. The van der Waals surface area contributed by atoms with Crippen molar-refractivity contribution in [2.45, 2.75) is 45.1 Å². The van der Waals surface area contributed by atoms with Crippen LogP contribution in [0.5, 0.6) is 0 Å². The highest BCUT2D eigenvalue weighted by Crippen LogP contribution is 2.53. The van der Waals surface area contributed by atoms with Crippen molar-refractivity contribution in [3.63, 3.8) is 0 Å². The summed E-state index contributed by atoms with van der Waals surface area (Å²) in [6.07, 6.45) is 10.5. The molecule has 0 atom stereocenters. The molecule has 0 aliphatic heterocycles. The molecule has 2 heterocycles. The highest BCUT2D eigenvalue weighted by molar-refractivity contribution is 6.30. The zero-order valence-corrected chi connectivity index (χ0v) is 20.8. The SMILES string of the molecule is Cc1c(C(=O)NCCNC2[C@H]3C[C@@H]4C[C@@H](C[C@H]2C4)C3)nn(-c2cccnc2)c1-c1ccc(Cl)cc1. The Morgan fingerprint density at radius 2 is 1.74 bits per heavy atom. The van der Waals surface area contributed by atoms with E-state index < -0.39 is 0 Å². The number of nitrogens with one attached hydrogen (secondary N) is 2. The van der Waals surface area contributed by atoms with Crippen molar-refractivity contribution in [3.8, 4) is 16.9 Å². The fourth-order valence-electron chi connectivity index (χ4n) is 7.08. The van der Waals surface area contributed by atoms with Crippen molar-refractivity contribution >= 4 is 17.5 Å². The van der Waals surface area contributed by atoms with Gasteiger partial charge < -0.3 is 10.6 Å². The van der Waals surface area contributed by atoms with E-state index in [0.717, 1.165) is 52.7 Å². The molecule has 2 aromatic heterocycles. The molecule has 1 aromatic carbocycles. The summed E-state index contributed by atoms with van der Waals surface area (Å²) in [4.78, 5) is 17.4. The Morgan fingerprint density at radius 3 is 2.40 bits per heavy atom. The van der Waals surface area contributed by atoms with Gasteiger partial charge in [0.2, 0.25) is 0 Å². The minimum atomic E-state index is -0.146. The predicted molar refractivity (Wildman–Crippen MR) is 138 cm³/mol. The van der Waals surface area contributed by atoms with Crippen LogP contribution in [-0.4, -0.2) is 39.8 Å². The third kappa shape index (κ3) is 4.38. The first-order chi connectivity index (χ1) is 17.1. The monoisotopic (exact) mass is 489 g/mol. The van der Waals surface area contributed by atoms with Gasteiger partial charge in [0, 0.05) is 41.5 Å². The van der Waals surface area contributed by atoms with Crippen LogP contribution in [0.3, 0.4) is 0 Å². The number of pyridine rings is 1. The second kappa shape index (κ2) is 9.40. The van der Waals surface area contributed by atoms with E-state index in [4.69, 9.17) is 16.7 Å². The maximum atomic E-state index is 13.2. The number of aromatic nitrogens is 3. The summed E-state index contributed by atoms with van der Waals surface area (Å²) in [5.74, 6) is 3.47. The van der Waals surface area contributed by atoms with Gasteiger partial charge in [-0.1, -0.05) is 23.7 Å². The summed E-state index contributed by atoms with van der Waals surface area (Å²) in [5, 5.41) is 12.3. The minimum absolute atomic E-state index is 0.146. The van der Waals surface area contributed by atoms with E-state index in [1.165, 1.54) is 32.1 Å². The first-order valence-corrected chi connectivity index (χ1v) is 13.2. The zero-order chi connectivity index (χ0) is 23.9. The van der Waals surface area contributed by atoms with Gasteiger partial charge in [0.25, 0.3) is 5.91 Å². The molecule has 4 saturated carbocycles. The summed E-state index contributed by atoms with van der Waals surface area (Å²) in [6.45, 7) is 3.34. The van der Waals surface area contributed by atoms with Crippen molar-refractivity contribution in [2.75, 3.05) is 13.1 Å². The van der Waals surface area contributed by atoms with Crippen LogP contribution in [0.4, 0.5) is 0 Å². The fraction of sp³-hybridized carbons (Fsp3) is 0.464. The molecule has 4 bridgehead atoms. The standard InChI is InChI=1S/C28H32ClN5O/c1-17-25(28(35)32-10-9-31-26-21-12-18-11-19(14-21)15-22(26)13-18)33-34(24-3-2-8-30-16-24)27(17)20-4-6-23(29)7-5-20/h2-8,16,18-19,21-22,26,31H,9-15H2,1H3,(H,32,35)/t18-,19+,21-,22+,26?. The summed E-state index contributed by atoms with van der Waals surface area (Å²) in [7, 11) is 0. The summed E-state index contributed by atoms with van der Waals surface area (Å²) >= 11 is 6.12. The van der Waals surface area contributed by atoms with Gasteiger partial charge in [-0.2, -0.15) is 5.10 Å². The molecular formula is C28H32ClN5O. The Hall–Kier alpha value is -2.70. The van der Waals surface area contributed by atoms with Crippen molar-refractivity contribution < 1.29 is 4.79 Å². The van der Waals surface area contributed by atoms with Crippen LogP contribution in [0.2, 0.25) is 5.02 Å². The van der Waals surface area contributed by atoms with Gasteiger partial charge >= 0.3 is 0 Å². The van der Waals surface area contributed by atoms with Crippen LogP contribution >= 0.6 is 11.6 Å². The third-order valence-electron chi connectivity index (χ3n) is 8.36. The molecule has 7 rings (SSSR count). The molecule has 3 aromatic rings. The number of carbonyl (C=O) groups is 1. The Labute approximate surface area is 211 Å². The van der Waals surface area contributed by atoms with Crippen LogP contribution in [0.15, 0.2) is 48.8 Å². The smallest absolute Gasteiger partial charge is 0.272 e. The third-order valence-corrected chi connectivity index (χ3v) is 8.61. The van der Waals surface area contributed by atoms with E-state index in [1.807, 2.05) is 43.3 Å². The number of nitrogens with zero attached hydrogens (tertiary/aromatic N) is 3. The van der Waals surface area contributed by atoms with Gasteiger partial charge in [0.05, 0.1) is 17.6 Å². The molecule has 0 radical (unpaired) electrons. The van der Waals surface area contributed by atoms with Gasteiger partial charge in [0.15, 0.2) is 5.69 Å². The lowest BCUT2D eigenvalue weighted by Gasteiger charge is -2.54. The largest absolute Gasteiger partial charge is 0.349 e. The quantitative estimate of drug-likeness (QED) is 0.456. The van der Waals surface area contributed by atoms with Crippen LogP contribution in [0.25, 0.3) is 16.9 Å². The fourth-order valence-corrected chi connectivity index (χ4v) is 7.21. The molecule has 1 amide bonds. The van der Waals surface area contributed by atoms with Gasteiger partial charge in [-0.25, -0.2) is 4.68 Å². The maximum Gasteiger partial charge on any atom is 0.272 e. The molecule has 0 unspecified atom stereocenters. The van der Waals surface area contributed by atoms with E-state index in [2.05, 4.69) is 15.6 Å². The Kier molecular flexibility index (Phi) is 6.11. The normalized spacial score (nSPS) is 26.7. The Bertz CT molecular complexity index is 1180. The van der Waals surface area contributed by atoms with Gasteiger partial charge in [0.1, 0.15) is 0 Å². The van der Waals surface area contributed by atoms with E-state index in [9.17, 15) is 4.79 Å². The molecule has 35 heavy (non-hydrogen) atoms. The second-order valence-electron chi connectivity index (χ2n) is 10.6. The van der Waals surface area contributed by atoms with E-state index in [0.29, 0.717) is 23.3 Å². The molecule has 7 heteroatoms. The summed E-state index contributed by atoms with van der Waals surface area (Å²) in [6, 6.07) is 12.1. The van der Waals surface area contributed by atoms with Crippen molar-refractivity contribution in [1.82, 2.24) is 25.4 Å². The van der Waals surface area contributed by atoms with Gasteiger partial charge in [-0.15, -0.1) is 0 Å². The number of benzene rings is 1. The average molecular weight is 490 g/mol. The number of rotatable bonds is 7. The van der Waals surface area contributed by atoms with E-state index in [1.54, 1.807) is 17.1 Å². The van der Waals surface area contributed by atoms with Crippen molar-refractivity contribution in [1.29, 1.82) is 0 Å². The first kappa shape index (κ1) is 22.7. The second-order valence-corrected chi connectivity index (χ2v) is 11.1. The molecular weight excluding hydrogens is 458 g/mol. The van der Waals surface area contributed by atoms with Gasteiger partial charge in [-0.3, -0.25) is 9.78 Å². The van der Waals surface area contributed by atoms with Crippen molar-refractivity contribution in [3.05, 3.63) is 65.1 Å². The lowest BCUT2D eigenvalue weighted by molar-refractivity contribution is -0.0133. The zero-order valence-electron chi connectivity index (χ0n) is 20.1. The number of halogens is 1. The Morgan fingerprint density at radius 1 is 1.03 bits per heavy atom. The highest BCUT2D eigenvalue weighted by Gasteiger charge is 2.47. The lowest BCUT2D eigenvalue weighted by Crippen LogP contribution is -2.55. The van der Waals surface area contributed by atoms with Gasteiger partial charge in [-0.05, 0) is 87.0 Å². The molecule has 182 valence electrons. The molecule has 6 nitrogen and oxygen atoms in total. The van der Waals surface area contributed by atoms with Crippen LogP contribution in [-0.2, 0) is 0 Å². The number of hydrogen-bond donors (Lipinski definition) is 2. The van der Waals surface area contributed by atoms with Crippen LogP contribution < -0.4 is 10.6 Å². The predicted octanol–water partition coefficient (Wildman–Crippen LogP) is 5.04. The lowest BCUT2D eigenvalue weighted by atomic mass is 9.54. The summed E-state index contributed by atoms with van der Waals surface area (Å²) in [5.41, 5.74) is 3.90. The Balaban J connectivity index is 1.16. The van der Waals surface area contributed by atoms with E-state index >= 15 is 0 Å². The molecule has 0 spiro atoms. The summed E-state index contributed by atoms with van der Waals surface area (Å²) < 4.78 is 1.80. The number of hydrogen-bond acceptors (Lipinski definition) is 4. The highest BCUT2D eigenvalue weighted by atomic mass is 35.5. The topological polar surface area (TPSA) is 71.8 Å². The number of carbonyl (C=O) groups excluding carboxylic acids is 1. The average Bonchev–Trinajstić information content (AvgIpc) is 3.21. The first-order valence-electron chi connectivity index (χ1n) is 12.8. The number of amides is 1. The van der Waals surface area contributed by atoms with Crippen molar-refractivity contribution in [2.24, 2.45) is 23.7 Å². The molecule has 4 fully saturated rings. The van der Waals surface area contributed by atoms with Crippen LogP contribution in [0.1, 0.15) is 48.2 Å². The van der Waals surface area contributed by atoms with E-state index in [-0.39, 0.29) is 5.91 Å². The molecule has 4 aliphatic rings. The minimum Gasteiger partial charge on any atom is -0.349 e. The maximum absolute atomic E-state index is 13.2. The van der Waals surface area contributed by atoms with Crippen LogP contribution in [0, 0.1) is 30.6 Å². The molecule has 0 saturated heterocycles.